The minimum Gasteiger partial charge on any atom is -0.357 e. The number of terminal acetylenes is 1. The third-order valence-electron chi connectivity index (χ3n) is 3.91. The van der Waals surface area contributed by atoms with Crippen LogP contribution in [0.1, 0.15) is 63.6 Å². The highest BCUT2D eigenvalue weighted by Crippen LogP contribution is 2.08. The molecule has 0 saturated heterocycles. The molecule has 1 heterocycles. The molecular formula is C19H27NO. The zero-order chi connectivity index (χ0) is 15.7. The Bertz CT molecular complexity index is 659. The second kappa shape index (κ2) is 9.23. The molecule has 0 aliphatic rings. The van der Waals surface area contributed by atoms with E-state index in [9.17, 15) is 4.79 Å². The summed E-state index contributed by atoms with van der Waals surface area (Å²) in [5.74, 6) is 2.51. The van der Waals surface area contributed by atoms with E-state index < -0.39 is 0 Å². The van der Waals surface area contributed by atoms with Gasteiger partial charge in [-0.15, -0.1) is 6.42 Å². The molecule has 2 nitrogen and oxygen atoms in total. The van der Waals surface area contributed by atoms with Crippen molar-refractivity contribution in [2.45, 2.75) is 65.7 Å². The van der Waals surface area contributed by atoms with Crippen molar-refractivity contribution in [2.24, 2.45) is 0 Å². The summed E-state index contributed by atoms with van der Waals surface area (Å²) in [6, 6.07) is 0. The van der Waals surface area contributed by atoms with Gasteiger partial charge < -0.3 is 4.98 Å². The van der Waals surface area contributed by atoms with Crippen LogP contribution < -0.4 is 16.0 Å². The van der Waals surface area contributed by atoms with Crippen molar-refractivity contribution in [2.75, 3.05) is 0 Å². The van der Waals surface area contributed by atoms with Crippen LogP contribution in [0.25, 0.3) is 12.2 Å². The quantitative estimate of drug-likeness (QED) is 0.606. The lowest BCUT2D eigenvalue weighted by Crippen LogP contribution is -2.43. The molecule has 0 atom stereocenters. The first kappa shape index (κ1) is 17.3. The van der Waals surface area contributed by atoms with Crippen molar-refractivity contribution >= 4 is 12.2 Å². The molecule has 0 aromatic carbocycles. The largest absolute Gasteiger partial charge is 0.357 e. The van der Waals surface area contributed by atoms with Gasteiger partial charge in [-0.1, -0.05) is 51.0 Å². The van der Waals surface area contributed by atoms with E-state index in [1.54, 1.807) is 6.08 Å². The normalized spacial score (nSPS) is 12.7. The zero-order valence-electron chi connectivity index (χ0n) is 13.6. The van der Waals surface area contributed by atoms with Gasteiger partial charge in [0.2, 0.25) is 0 Å². The second-order valence-electron chi connectivity index (χ2n) is 5.50. The van der Waals surface area contributed by atoms with Crippen LogP contribution in [0.5, 0.6) is 0 Å². The number of rotatable bonds is 7. The predicted molar refractivity (Wildman–Crippen MR) is 91.6 cm³/mol. The first-order valence-corrected chi connectivity index (χ1v) is 8.00. The number of aryl methyl sites for hydroxylation is 1. The van der Waals surface area contributed by atoms with Crippen molar-refractivity contribution in [3.05, 3.63) is 32.0 Å². The van der Waals surface area contributed by atoms with Crippen LogP contribution in [0.4, 0.5) is 0 Å². The number of hydrogen-bond acceptors (Lipinski definition) is 1. The number of nitrogens with one attached hydrogen (secondary N) is 1. The molecule has 1 rings (SSSR count). The summed E-state index contributed by atoms with van der Waals surface area (Å²) in [6.45, 7) is 5.99. The lowest BCUT2D eigenvalue weighted by Gasteiger charge is -2.06. The van der Waals surface area contributed by atoms with Crippen LogP contribution in [0.2, 0.25) is 0 Å². The minimum absolute atomic E-state index is 0.0960. The van der Waals surface area contributed by atoms with Gasteiger partial charge in [-0.25, -0.2) is 0 Å². The van der Waals surface area contributed by atoms with E-state index in [2.05, 4.69) is 17.8 Å². The molecule has 1 N–H and O–H groups in total. The first-order valence-electron chi connectivity index (χ1n) is 8.00. The molecule has 0 radical (unpaired) electrons. The number of aromatic amines is 1. The average Bonchev–Trinajstić information content (AvgIpc) is 2.48. The maximum atomic E-state index is 12.4. The number of aromatic nitrogens is 1. The molecule has 2 heteroatoms. The number of pyridine rings is 1. The van der Waals surface area contributed by atoms with E-state index in [-0.39, 0.29) is 5.43 Å². The summed E-state index contributed by atoms with van der Waals surface area (Å²) < 4.78 is 0. The molecule has 0 unspecified atom stereocenters. The molecule has 0 spiro atoms. The van der Waals surface area contributed by atoms with E-state index in [1.165, 1.54) is 32.1 Å². The summed E-state index contributed by atoms with van der Waals surface area (Å²) >= 11 is 0. The molecule has 0 fully saturated rings. The molecular weight excluding hydrogens is 258 g/mol. The molecule has 1 aromatic heterocycles. The molecule has 0 saturated carbocycles. The van der Waals surface area contributed by atoms with Crippen LogP contribution in [0.15, 0.2) is 4.79 Å². The zero-order valence-corrected chi connectivity index (χ0v) is 13.6. The van der Waals surface area contributed by atoms with Crippen LogP contribution in [-0.2, 0) is 6.42 Å². The Kier molecular flexibility index (Phi) is 7.61. The van der Waals surface area contributed by atoms with Gasteiger partial charge in [0, 0.05) is 22.6 Å². The monoisotopic (exact) mass is 285 g/mol. The van der Waals surface area contributed by atoms with E-state index in [0.717, 1.165) is 29.4 Å². The van der Waals surface area contributed by atoms with Crippen LogP contribution in [0, 0.1) is 19.3 Å². The van der Waals surface area contributed by atoms with Crippen LogP contribution in [-0.4, -0.2) is 4.98 Å². The Labute approximate surface area is 128 Å². The first-order chi connectivity index (χ1) is 10.2. The molecule has 0 amide bonds. The lowest BCUT2D eigenvalue weighted by molar-refractivity contribution is 0.603. The molecule has 0 bridgehead atoms. The lowest BCUT2D eigenvalue weighted by atomic mass is 10.0. The standard InChI is InChI=1S/C19H27NO/c1-5-8-9-10-11-12-14-17-15(4)19(21)16(7-3)18(20-17)13-6-2/h2,7,13,20H,5,8-12,14H2,1,3-4H3/b16-7+,18-13+. The predicted octanol–water partition coefficient (Wildman–Crippen LogP) is 2.80. The highest BCUT2D eigenvalue weighted by molar-refractivity contribution is 5.43. The average molecular weight is 285 g/mol. The fraction of sp³-hybridized carbons (Fsp3) is 0.526. The smallest absolute Gasteiger partial charge is 0.192 e. The highest BCUT2D eigenvalue weighted by atomic mass is 16.1. The van der Waals surface area contributed by atoms with Crippen LogP contribution in [0.3, 0.4) is 0 Å². The molecule has 114 valence electrons. The van der Waals surface area contributed by atoms with Gasteiger partial charge in [-0.05, 0) is 26.7 Å². The third kappa shape index (κ3) is 4.93. The second-order valence-corrected chi connectivity index (χ2v) is 5.50. The van der Waals surface area contributed by atoms with Crippen LogP contribution >= 0.6 is 0 Å². The summed E-state index contributed by atoms with van der Waals surface area (Å²) in [5, 5.41) is 1.44. The molecule has 0 aliphatic heterocycles. The highest BCUT2D eigenvalue weighted by Gasteiger charge is 2.05. The van der Waals surface area contributed by atoms with Gasteiger partial charge in [-0.2, -0.15) is 0 Å². The Hall–Kier alpha value is -1.75. The van der Waals surface area contributed by atoms with Crippen molar-refractivity contribution in [1.29, 1.82) is 0 Å². The third-order valence-corrected chi connectivity index (χ3v) is 3.91. The van der Waals surface area contributed by atoms with E-state index in [4.69, 9.17) is 6.42 Å². The van der Waals surface area contributed by atoms with E-state index >= 15 is 0 Å². The fourth-order valence-electron chi connectivity index (χ4n) is 2.60. The van der Waals surface area contributed by atoms with Gasteiger partial charge in [0.1, 0.15) is 0 Å². The summed E-state index contributed by atoms with van der Waals surface area (Å²) in [6.07, 6.45) is 17.2. The van der Waals surface area contributed by atoms with E-state index in [1.807, 2.05) is 19.9 Å². The summed E-state index contributed by atoms with van der Waals surface area (Å²) in [4.78, 5) is 15.7. The Morgan fingerprint density at radius 2 is 1.86 bits per heavy atom. The van der Waals surface area contributed by atoms with Crippen molar-refractivity contribution in [1.82, 2.24) is 4.98 Å². The maximum Gasteiger partial charge on any atom is 0.192 e. The number of hydrogen-bond donors (Lipinski definition) is 1. The van der Waals surface area contributed by atoms with Crippen molar-refractivity contribution < 1.29 is 0 Å². The molecule has 0 aliphatic carbocycles. The Morgan fingerprint density at radius 3 is 2.48 bits per heavy atom. The van der Waals surface area contributed by atoms with Gasteiger partial charge in [0.15, 0.2) is 5.43 Å². The number of H-pyrrole nitrogens is 1. The maximum absolute atomic E-state index is 12.4. The molecule has 1 aromatic rings. The Morgan fingerprint density at radius 1 is 1.19 bits per heavy atom. The summed E-state index contributed by atoms with van der Waals surface area (Å²) in [5.41, 5.74) is 1.95. The summed E-state index contributed by atoms with van der Waals surface area (Å²) in [7, 11) is 0. The van der Waals surface area contributed by atoms with Gasteiger partial charge >= 0.3 is 0 Å². The topological polar surface area (TPSA) is 32.9 Å². The van der Waals surface area contributed by atoms with Gasteiger partial charge in [0.05, 0.1) is 5.35 Å². The van der Waals surface area contributed by atoms with Crippen molar-refractivity contribution in [3.8, 4) is 12.3 Å². The van der Waals surface area contributed by atoms with Gasteiger partial charge in [-0.3, -0.25) is 4.79 Å². The Balaban J connectivity index is 2.88. The molecule has 21 heavy (non-hydrogen) atoms. The van der Waals surface area contributed by atoms with E-state index in [0.29, 0.717) is 5.22 Å². The SMILES string of the molecule is C#C/C=c1/[nH]c(CCCCCCCC)c(C)c(=O)/c1=C/C. The minimum atomic E-state index is 0.0960. The van der Waals surface area contributed by atoms with Crippen molar-refractivity contribution in [3.63, 3.8) is 0 Å². The fourth-order valence-corrected chi connectivity index (χ4v) is 2.60. The van der Waals surface area contributed by atoms with Gasteiger partial charge in [0.25, 0.3) is 0 Å². The number of unbranched alkanes of at least 4 members (excludes halogenated alkanes) is 5.